The van der Waals surface area contributed by atoms with Crippen molar-refractivity contribution < 1.29 is 22.2 Å². The predicted octanol–water partition coefficient (Wildman–Crippen LogP) is 1.89. The Bertz CT molecular complexity index is 446. The zero-order valence-corrected chi connectivity index (χ0v) is 13.2. The van der Waals surface area contributed by atoms with Crippen LogP contribution >= 0.6 is 34.8 Å². The minimum Gasteiger partial charge on any atom is -0.443 e. The maximum atomic E-state index is 11.7. The molecule has 11 heteroatoms. The molecule has 0 spiro atoms. The Balaban J connectivity index is 5.05. The van der Waals surface area contributed by atoms with E-state index in [9.17, 15) is 13.2 Å². The van der Waals surface area contributed by atoms with Gasteiger partial charge in [-0.15, -0.1) is 10.9 Å². The number of amides is 1. The highest BCUT2D eigenvalue weighted by Gasteiger charge is 2.35. The van der Waals surface area contributed by atoms with Crippen molar-refractivity contribution in [3.63, 3.8) is 0 Å². The van der Waals surface area contributed by atoms with Crippen LogP contribution in [0.5, 0.6) is 0 Å². The molecule has 0 aliphatic carbocycles. The molecule has 0 heterocycles. The molecule has 112 valence electrons. The molecule has 0 aromatic carbocycles. The molecule has 0 aliphatic heterocycles. The fourth-order valence-electron chi connectivity index (χ4n) is 0.751. The van der Waals surface area contributed by atoms with E-state index in [-0.39, 0.29) is 0 Å². The monoisotopic (exact) mass is 354 g/mol. The number of hydroxylamine groups is 2. The fraction of sp³-hybridized carbons (Fsp3) is 0.625. The molecular formula is C8H13Cl3N2O5S. The Hall–Kier alpha value is -0.250. The van der Waals surface area contributed by atoms with Gasteiger partial charge in [0, 0.05) is 0 Å². The molecule has 0 rings (SSSR count). The predicted molar refractivity (Wildman–Crippen MR) is 71.9 cm³/mol. The van der Waals surface area contributed by atoms with Gasteiger partial charge >= 0.3 is 16.4 Å². The van der Waals surface area contributed by atoms with E-state index in [0.717, 1.165) is 0 Å². The average Bonchev–Trinajstić information content (AvgIpc) is 2.20. The number of carbonyl (C=O) groups is 1. The number of alkyl halides is 3. The molecular weight excluding hydrogens is 343 g/mol. The maximum Gasteiger partial charge on any atom is 0.436 e. The van der Waals surface area contributed by atoms with E-state index in [1.807, 2.05) is 0 Å². The quantitative estimate of drug-likeness (QED) is 0.461. The van der Waals surface area contributed by atoms with Gasteiger partial charge in [0.15, 0.2) is 0 Å². The first kappa shape index (κ1) is 18.8. The Kier molecular flexibility index (Phi) is 6.38. The minimum absolute atomic E-state index is 0.367. The molecule has 19 heavy (non-hydrogen) atoms. The molecule has 7 nitrogen and oxygen atoms in total. The first-order valence-corrected chi connectivity index (χ1v) is 7.29. The zero-order chi connectivity index (χ0) is 15.5. The van der Waals surface area contributed by atoms with Gasteiger partial charge in [0.25, 0.3) is 0 Å². The smallest absolute Gasteiger partial charge is 0.436 e. The molecule has 0 unspecified atom stereocenters. The molecule has 0 saturated carbocycles. The van der Waals surface area contributed by atoms with Crippen LogP contribution in [0.25, 0.3) is 0 Å². The van der Waals surface area contributed by atoms with Gasteiger partial charge in [0.1, 0.15) is 6.61 Å². The third kappa shape index (κ3) is 7.81. The van der Waals surface area contributed by atoms with Crippen LogP contribution in [-0.4, -0.2) is 35.5 Å². The molecule has 0 fully saturated rings. The van der Waals surface area contributed by atoms with Gasteiger partial charge in [-0.05, 0) is 13.8 Å². The van der Waals surface area contributed by atoms with Gasteiger partial charge in [-0.3, -0.25) is 0 Å². The second kappa shape index (κ2) is 6.47. The van der Waals surface area contributed by atoms with Crippen LogP contribution in [0, 0.1) is 0 Å². The van der Waals surface area contributed by atoms with Crippen molar-refractivity contribution in [2.75, 3.05) is 6.61 Å². The highest BCUT2D eigenvalue weighted by Crippen LogP contribution is 2.27. The lowest BCUT2D eigenvalue weighted by atomic mass is 10.1. The number of nitrogens with zero attached hydrogens (tertiary/aromatic N) is 1. The Morgan fingerprint density at radius 3 is 2.21 bits per heavy atom. The summed E-state index contributed by atoms with van der Waals surface area (Å²) in [5.41, 5.74) is -1.23. The van der Waals surface area contributed by atoms with E-state index < -0.39 is 32.3 Å². The molecule has 0 bridgehead atoms. The first-order valence-electron chi connectivity index (χ1n) is 4.68. The normalized spacial score (nSPS) is 12.9. The zero-order valence-electron chi connectivity index (χ0n) is 10.1. The number of rotatable bonds is 5. The van der Waals surface area contributed by atoms with Crippen LogP contribution in [0.1, 0.15) is 13.8 Å². The van der Waals surface area contributed by atoms with E-state index in [1.165, 1.54) is 19.9 Å². The summed E-state index contributed by atoms with van der Waals surface area (Å²) >= 11 is 16.2. The highest BCUT2D eigenvalue weighted by molar-refractivity contribution is 7.84. The van der Waals surface area contributed by atoms with Crippen LogP contribution < -0.4 is 5.14 Å². The summed E-state index contributed by atoms with van der Waals surface area (Å²) in [7, 11) is -4.44. The van der Waals surface area contributed by atoms with Crippen LogP contribution in [-0.2, 0) is 19.3 Å². The largest absolute Gasteiger partial charge is 0.443 e. The lowest BCUT2D eigenvalue weighted by Gasteiger charge is -2.32. The minimum atomic E-state index is -4.44. The first-order chi connectivity index (χ1) is 8.28. The van der Waals surface area contributed by atoms with Crippen molar-refractivity contribution in [3.8, 4) is 0 Å². The summed E-state index contributed by atoms with van der Waals surface area (Å²) < 4.78 is 28.9. The van der Waals surface area contributed by atoms with Gasteiger partial charge in [0.05, 0.1) is 5.54 Å². The Morgan fingerprint density at radius 2 is 1.89 bits per heavy atom. The van der Waals surface area contributed by atoms with Crippen molar-refractivity contribution in [1.82, 2.24) is 5.06 Å². The van der Waals surface area contributed by atoms with E-state index in [0.29, 0.717) is 5.06 Å². The molecule has 2 N–H and O–H groups in total. The summed E-state index contributed by atoms with van der Waals surface area (Å²) in [6.45, 7) is 5.69. The third-order valence-corrected chi connectivity index (χ3v) is 2.41. The van der Waals surface area contributed by atoms with E-state index in [1.54, 1.807) is 0 Å². The lowest BCUT2D eigenvalue weighted by Crippen LogP contribution is -2.49. The molecule has 0 aliphatic rings. The number of carbonyl (C=O) groups excluding carboxylic acids is 1. The molecule has 0 atom stereocenters. The number of ether oxygens (including phenoxy) is 1. The van der Waals surface area contributed by atoms with Crippen molar-refractivity contribution in [3.05, 3.63) is 12.7 Å². The summed E-state index contributed by atoms with van der Waals surface area (Å²) in [5.74, 6) is 0. The van der Waals surface area contributed by atoms with Crippen LogP contribution in [0.3, 0.4) is 0 Å². The fourth-order valence-corrected chi connectivity index (χ4v) is 1.38. The summed E-state index contributed by atoms with van der Waals surface area (Å²) in [4.78, 5) is 11.7. The second-order valence-electron chi connectivity index (χ2n) is 3.89. The van der Waals surface area contributed by atoms with Crippen molar-refractivity contribution in [2.45, 2.75) is 23.2 Å². The van der Waals surface area contributed by atoms with Crippen molar-refractivity contribution in [1.29, 1.82) is 0 Å². The van der Waals surface area contributed by atoms with E-state index >= 15 is 0 Å². The van der Waals surface area contributed by atoms with E-state index in [4.69, 9.17) is 39.9 Å². The van der Waals surface area contributed by atoms with Crippen LogP contribution in [0.2, 0.25) is 0 Å². The maximum absolute atomic E-state index is 11.7. The van der Waals surface area contributed by atoms with E-state index in [2.05, 4.69) is 15.6 Å². The molecule has 1 amide bonds. The molecule has 0 aromatic heterocycles. The average molecular weight is 356 g/mol. The SMILES string of the molecule is C=CC(C)(C)N(OS(N)(=O)=O)C(=O)OCC(Cl)(Cl)Cl. The van der Waals surface area contributed by atoms with Crippen LogP contribution in [0.4, 0.5) is 4.79 Å². The van der Waals surface area contributed by atoms with Crippen molar-refractivity contribution >= 4 is 51.2 Å². The summed E-state index contributed by atoms with van der Waals surface area (Å²) in [6, 6.07) is 0. The lowest BCUT2D eigenvalue weighted by molar-refractivity contribution is -0.0889. The highest BCUT2D eigenvalue weighted by atomic mass is 35.6. The van der Waals surface area contributed by atoms with Gasteiger partial charge in [-0.2, -0.15) is 13.5 Å². The van der Waals surface area contributed by atoms with Gasteiger partial charge in [0.2, 0.25) is 3.79 Å². The second-order valence-corrected chi connectivity index (χ2v) is 7.54. The van der Waals surface area contributed by atoms with Crippen LogP contribution in [0.15, 0.2) is 12.7 Å². The number of nitrogens with two attached hydrogens (primary N) is 1. The summed E-state index contributed by atoms with van der Waals surface area (Å²) in [5, 5.41) is 5.06. The third-order valence-electron chi connectivity index (χ3n) is 1.73. The molecule has 0 aromatic rings. The van der Waals surface area contributed by atoms with Gasteiger partial charge in [-0.25, -0.2) is 9.93 Å². The number of hydrogen-bond acceptors (Lipinski definition) is 5. The standard InChI is InChI=1S/C8H13Cl3N2O5S/c1-4-7(2,3)13(18-19(12,15)16)6(14)17-5-8(9,10)11/h4H,1,5H2,2-3H3,(H2,12,15,16). The van der Waals surface area contributed by atoms with Gasteiger partial charge in [-0.1, -0.05) is 40.9 Å². The van der Waals surface area contributed by atoms with Gasteiger partial charge < -0.3 is 4.74 Å². The molecule has 0 saturated heterocycles. The molecule has 0 radical (unpaired) electrons. The Morgan fingerprint density at radius 1 is 1.42 bits per heavy atom. The number of hydrogen-bond donors (Lipinski definition) is 1. The number of halogens is 3. The van der Waals surface area contributed by atoms with Crippen molar-refractivity contribution in [2.24, 2.45) is 5.14 Å². The topological polar surface area (TPSA) is 98.9 Å². The summed E-state index contributed by atoms with van der Waals surface area (Å²) in [6.07, 6.45) is 0.0413. The Labute approximate surface area is 126 Å².